The normalized spacial score (nSPS) is 26.9. The van der Waals surface area contributed by atoms with Crippen LogP contribution in [-0.2, 0) is 9.53 Å². The van der Waals surface area contributed by atoms with Gasteiger partial charge in [0, 0.05) is 13.1 Å². The molecule has 0 radical (unpaired) electrons. The number of ether oxygens (including phenoxy) is 1. The van der Waals surface area contributed by atoms with E-state index in [1.807, 2.05) is 6.92 Å². The van der Waals surface area contributed by atoms with E-state index in [1.54, 1.807) is 4.90 Å². The summed E-state index contributed by atoms with van der Waals surface area (Å²) in [6, 6.07) is -0.173. The molecule has 0 aromatic rings. The topological polar surface area (TPSA) is 49.9 Å². The van der Waals surface area contributed by atoms with Crippen molar-refractivity contribution in [2.24, 2.45) is 0 Å². The molecule has 0 aromatic heterocycles. The molecular formula is C10H16N2O3. The van der Waals surface area contributed by atoms with Crippen LogP contribution in [0.15, 0.2) is 0 Å². The van der Waals surface area contributed by atoms with E-state index >= 15 is 0 Å². The van der Waals surface area contributed by atoms with Crippen molar-refractivity contribution in [2.45, 2.75) is 25.8 Å². The van der Waals surface area contributed by atoms with Gasteiger partial charge in [0.1, 0.15) is 0 Å². The number of carbonyl (C=O) groups is 2. The van der Waals surface area contributed by atoms with Gasteiger partial charge in [-0.05, 0) is 6.42 Å². The second-order valence-electron chi connectivity index (χ2n) is 3.95. The summed E-state index contributed by atoms with van der Waals surface area (Å²) in [4.78, 5) is 26.7. The summed E-state index contributed by atoms with van der Waals surface area (Å²) in [7, 11) is 0. The van der Waals surface area contributed by atoms with E-state index in [4.69, 9.17) is 4.74 Å². The van der Waals surface area contributed by atoms with Crippen LogP contribution in [0.2, 0.25) is 0 Å². The first-order valence-corrected chi connectivity index (χ1v) is 5.42. The second-order valence-corrected chi connectivity index (χ2v) is 3.95. The van der Waals surface area contributed by atoms with Crippen LogP contribution in [0.4, 0.5) is 4.79 Å². The van der Waals surface area contributed by atoms with E-state index in [1.165, 1.54) is 4.90 Å². The van der Waals surface area contributed by atoms with Crippen LogP contribution < -0.4 is 0 Å². The van der Waals surface area contributed by atoms with Crippen LogP contribution in [0.25, 0.3) is 0 Å². The fraction of sp³-hybridized carbons (Fsp3) is 0.800. The Labute approximate surface area is 89.0 Å². The highest BCUT2D eigenvalue weighted by Gasteiger charge is 2.39. The molecule has 5 nitrogen and oxygen atoms in total. The lowest BCUT2D eigenvalue weighted by atomic mass is 10.1. The molecule has 5 heteroatoms. The summed E-state index contributed by atoms with van der Waals surface area (Å²) in [5, 5.41) is 0. The van der Waals surface area contributed by atoms with Gasteiger partial charge < -0.3 is 9.64 Å². The van der Waals surface area contributed by atoms with Crippen molar-refractivity contribution in [1.29, 1.82) is 0 Å². The molecule has 2 rings (SSSR count). The molecule has 2 heterocycles. The molecule has 0 saturated carbocycles. The number of hydrogen-bond donors (Lipinski definition) is 0. The lowest BCUT2D eigenvalue weighted by Crippen LogP contribution is -2.60. The number of rotatable bonds is 2. The van der Waals surface area contributed by atoms with Crippen molar-refractivity contribution in [3.63, 3.8) is 0 Å². The minimum atomic E-state index is -0.138. The zero-order valence-corrected chi connectivity index (χ0v) is 8.94. The van der Waals surface area contributed by atoms with E-state index in [2.05, 4.69) is 0 Å². The maximum Gasteiger partial charge on any atom is 0.327 e. The molecule has 0 aromatic carbocycles. The molecule has 2 fully saturated rings. The molecule has 2 aliphatic rings. The molecule has 2 saturated heterocycles. The summed E-state index contributed by atoms with van der Waals surface area (Å²) < 4.78 is 5.27. The highest BCUT2D eigenvalue weighted by atomic mass is 16.5. The average molecular weight is 212 g/mol. The number of carbonyl (C=O) groups excluding carboxylic acids is 2. The second kappa shape index (κ2) is 4.18. The third-order valence-electron chi connectivity index (χ3n) is 2.86. The van der Waals surface area contributed by atoms with Gasteiger partial charge in [-0.2, -0.15) is 0 Å². The van der Waals surface area contributed by atoms with Crippen molar-refractivity contribution >= 4 is 11.9 Å². The Morgan fingerprint density at radius 3 is 3.00 bits per heavy atom. The number of fused-ring (bicyclic) bond motifs is 1. The molecule has 1 unspecified atom stereocenters. The number of nitrogens with zero attached hydrogens (tertiary/aromatic N) is 2. The molecule has 84 valence electrons. The van der Waals surface area contributed by atoms with Crippen molar-refractivity contribution in [2.75, 3.05) is 26.3 Å². The van der Waals surface area contributed by atoms with Gasteiger partial charge in [0.05, 0.1) is 25.7 Å². The summed E-state index contributed by atoms with van der Waals surface area (Å²) in [5.74, 6) is -0.0615. The Hall–Kier alpha value is -1.10. The van der Waals surface area contributed by atoms with Crippen molar-refractivity contribution in [1.82, 2.24) is 9.80 Å². The fourth-order valence-corrected chi connectivity index (χ4v) is 2.09. The van der Waals surface area contributed by atoms with Gasteiger partial charge in [-0.25, -0.2) is 4.79 Å². The predicted octanol–water partition coefficient (Wildman–Crippen LogP) is 0.449. The number of urea groups is 1. The zero-order valence-electron chi connectivity index (χ0n) is 8.94. The van der Waals surface area contributed by atoms with Crippen molar-refractivity contribution < 1.29 is 14.3 Å². The Morgan fingerprint density at radius 2 is 2.27 bits per heavy atom. The minimum Gasteiger partial charge on any atom is -0.377 e. The standard InChI is InChI=1S/C10H16N2O3/c1-2-3-12-9(13)6-8-7-15-5-4-11(8)10(12)14/h8H,2-7H2,1H3. The van der Waals surface area contributed by atoms with Crippen LogP contribution in [-0.4, -0.2) is 54.1 Å². The van der Waals surface area contributed by atoms with Gasteiger partial charge >= 0.3 is 6.03 Å². The molecular weight excluding hydrogens is 196 g/mol. The Balaban J connectivity index is 2.11. The highest BCUT2D eigenvalue weighted by Crippen LogP contribution is 2.20. The third-order valence-corrected chi connectivity index (χ3v) is 2.86. The summed E-state index contributed by atoms with van der Waals surface area (Å²) >= 11 is 0. The van der Waals surface area contributed by atoms with Gasteiger partial charge in [-0.15, -0.1) is 0 Å². The first-order chi connectivity index (χ1) is 7.24. The first kappa shape index (κ1) is 10.4. The van der Waals surface area contributed by atoms with Crippen LogP contribution in [0.5, 0.6) is 0 Å². The molecule has 0 aliphatic carbocycles. The number of amides is 3. The van der Waals surface area contributed by atoms with Gasteiger partial charge in [0.25, 0.3) is 0 Å². The molecule has 3 amide bonds. The number of morpholine rings is 1. The lowest BCUT2D eigenvalue weighted by Gasteiger charge is -2.42. The van der Waals surface area contributed by atoms with E-state index in [9.17, 15) is 9.59 Å². The maximum atomic E-state index is 11.9. The molecule has 1 atom stereocenters. The lowest BCUT2D eigenvalue weighted by molar-refractivity contribution is -0.135. The third kappa shape index (κ3) is 1.84. The number of hydrogen-bond acceptors (Lipinski definition) is 3. The van der Waals surface area contributed by atoms with Crippen molar-refractivity contribution in [3.05, 3.63) is 0 Å². The van der Waals surface area contributed by atoms with E-state index in [0.717, 1.165) is 6.42 Å². The molecule has 0 N–H and O–H groups in total. The SMILES string of the molecule is CCCN1C(=O)CC2COCCN2C1=O. The first-order valence-electron chi connectivity index (χ1n) is 5.42. The molecule has 0 spiro atoms. The Kier molecular flexibility index (Phi) is 2.90. The van der Waals surface area contributed by atoms with E-state index in [0.29, 0.717) is 32.7 Å². The summed E-state index contributed by atoms with van der Waals surface area (Å²) in [5.41, 5.74) is 0. The summed E-state index contributed by atoms with van der Waals surface area (Å²) in [6.07, 6.45) is 1.22. The number of imide groups is 1. The molecule has 2 aliphatic heterocycles. The van der Waals surface area contributed by atoms with E-state index < -0.39 is 0 Å². The minimum absolute atomic E-state index is 0.0353. The summed E-state index contributed by atoms with van der Waals surface area (Å²) in [6.45, 7) is 4.18. The quantitative estimate of drug-likeness (QED) is 0.667. The predicted molar refractivity (Wildman–Crippen MR) is 53.3 cm³/mol. The van der Waals surface area contributed by atoms with Crippen molar-refractivity contribution in [3.8, 4) is 0 Å². The Bertz CT molecular complexity index is 280. The monoisotopic (exact) mass is 212 g/mol. The van der Waals surface area contributed by atoms with Gasteiger partial charge in [0.15, 0.2) is 0 Å². The van der Waals surface area contributed by atoms with Gasteiger partial charge in [-0.3, -0.25) is 9.69 Å². The smallest absolute Gasteiger partial charge is 0.327 e. The zero-order chi connectivity index (χ0) is 10.8. The molecule has 0 bridgehead atoms. The van der Waals surface area contributed by atoms with Crippen LogP contribution in [0.3, 0.4) is 0 Å². The fourth-order valence-electron chi connectivity index (χ4n) is 2.09. The average Bonchev–Trinajstić information content (AvgIpc) is 2.24. The van der Waals surface area contributed by atoms with Crippen LogP contribution in [0.1, 0.15) is 19.8 Å². The largest absolute Gasteiger partial charge is 0.377 e. The maximum absolute atomic E-state index is 11.9. The molecule has 15 heavy (non-hydrogen) atoms. The Morgan fingerprint density at radius 1 is 1.47 bits per heavy atom. The van der Waals surface area contributed by atoms with Crippen LogP contribution >= 0.6 is 0 Å². The van der Waals surface area contributed by atoms with Gasteiger partial charge in [-0.1, -0.05) is 6.92 Å². The highest BCUT2D eigenvalue weighted by molar-refractivity contribution is 5.97. The van der Waals surface area contributed by atoms with Crippen LogP contribution in [0, 0.1) is 0 Å². The van der Waals surface area contributed by atoms with E-state index in [-0.39, 0.29) is 18.0 Å². The van der Waals surface area contributed by atoms with Gasteiger partial charge in [0.2, 0.25) is 5.91 Å².